The molecule has 0 saturated heterocycles. The third kappa shape index (κ3) is 5.99. The van der Waals surface area contributed by atoms with E-state index >= 15 is 0 Å². The second-order valence-corrected chi connectivity index (χ2v) is 6.18. The van der Waals surface area contributed by atoms with Gasteiger partial charge in [-0.3, -0.25) is 9.59 Å². The molecule has 0 spiro atoms. The Morgan fingerprint density at radius 1 is 0.840 bits per heavy atom. The minimum Gasteiger partial charge on any atom is -0.508 e. The smallest absolute Gasteiger partial charge is 0.167 e. The maximum absolute atomic E-state index is 12.3. The lowest BCUT2D eigenvalue weighted by atomic mass is 9.98. The van der Waals surface area contributed by atoms with E-state index in [1.54, 1.807) is 37.3 Å². The topological polar surface area (TPSA) is 71.4 Å². The molecular weight excluding hydrogens is 316 g/mol. The van der Waals surface area contributed by atoms with Gasteiger partial charge in [-0.2, -0.15) is 0 Å². The third-order valence-corrected chi connectivity index (χ3v) is 3.99. The van der Waals surface area contributed by atoms with E-state index in [4.69, 9.17) is 0 Å². The maximum Gasteiger partial charge on any atom is 0.167 e. The molecule has 0 aliphatic carbocycles. The molecule has 0 aromatic heterocycles. The number of hydrogen-bond donors (Lipinski definition) is 1. The molecule has 0 aliphatic rings. The number of hydrogen-bond acceptors (Lipinski definition) is 4. The summed E-state index contributed by atoms with van der Waals surface area (Å²) in [5, 5.41) is 9.28. The number of Topliss-reactive ketones (excluding diaryl/α,β-unsaturated/α-hetero) is 3. The van der Waals surface area contributed by atoms with Crippen LogP contribution in [-0.4, -0.2) is 22.5 Å². The Bertz CT molecular complexity index is 760. The number of aromatic hydroxyl groups is 1. The van der Waals surface area contributed by atoms with Crippen LogP contribution in [-0.2, 0) is 11.2 Å². The zero-order valence-corrected chi connectivity index (χ0v) is 14.3. The Balaban J connectivity index is 1.96. The van der Waals surface area contributed by atoms with E-state index in [-0.39, 0.29) is 29.5 Å². The van der Waals surface area contributed by atoms with Crippen molar-refractivity contribution >= 4 is 17.3 Å². The molecule has 0 bridgehead atoms. The summed E-state index contributed by atoms with van der Waals surface area (Å²) in [6, 6.07) is 13.2. The normalized spacial score (nSPS) is 10.4. The summed E-state index contributed by atoms with van der Waals surface area (Å²) in [5.74, 6) is 0.227. The molecule has 0 amide bonds. The fraction of sp³-hybridized carbons (Fsp3) is 0.286. The van der Waals surface area contributed by atoms with Gasteiger partial charge >= 0.3 is 0 Å². The molecule has 1 N–H and O–H groups in total. The summed E-state index contributed by atoms with van der Waals surface area (Å²) in [4.78, 5) is 35.4. The van der Waals surface area contributed by atoms with Crippen LogP contribution in [0.1, 0.15) is 58.9 Å². The monoisotopic (exact) mass is 338 g/mol. The molecule has 130 valence electrons. The fourth-order valence-corrected chi connectivity index (χ4v) is 2.59. The Hall–Kier alpha value is -2.75. The van der Waals surface area contributed by atoms with Gasteiger partial charge in [0.25, 0.3) is 0 Å². The van der Waals surface area contributed by atoms with Crippen LogP contribution in [0.2, 0.25) is 0 Å². The third-order valence-electron chi connectivity index (χ3n) is 3.99. The van der Waals surface area contributed by atoms with Crippen LogP contribution in [0.25, 0.3) is 0 Å². The lowest BCUT2D eigenvalue weighted by molar-refractivity contribution is -0.117. The van der Waals surface area contributed by atoms with E-state index in [0.29, 0.717) is 30.4 Å². The van der Waals surface area contributed by atoms with Crippen molar-refractivity contribution in [2.24, 2.45) is 0 Å². The SMILES string of the molecule is CC(=O)CCCCC(=O)c1cccc(CC(=O)c2ccc(O)cc2)c1. The highest BCUT2D eigenvalue weighted by Crippen LogP contribution is 2.15. The average Bonchev–Trinajstić information content (AvgIpc) is 2.59. The highest BCUT2D eigenvalue weighted by Gasteiger charge is 2.10. The van der Waals surface area contributed by atoms with Gasteiger partial charge in [-0.15, -0.1) is 0 Å². The van der Waals surface area contributed by atoms with Crippen LogP contribution in [0, 0.1) is 0 Å². The van der Waals surface area contributed by atoms with E-state index in [0.717, 1.165) is 12.0 Å². The highest BCUT2D eigenvalue weighted by molar-refractivity contribution is 5.99. The predicted octanol–water partition coefficient (Wildman–Crippen LogP) is 4.15. The number of benzene rings is 2. The quantitative estimate of drug-likeness (QED) is 0.551. The van der Waals surface area contributed by atoms with Gasteiger partial charge in [0.2, 0.25) is 0 Å². The van der Waals surface area contributed by atoms with E-state index < -0.39 is 0 Å². The largest absolute Gasteiger partial charge is 0.508 e. The van der Waals surface area contributed by atoms with Gasteiger partial charge in [-0.25, -0.2) is 0 Å². The Morgan fingerprint density at radius 2 is 1.52 bits per heavy atom. The van der Waals surface area contributed by atoms with Crippen LogP contribution in [0.3, 0.4) is 0 Å². The number of ketones is 3. The number of rotatable bonds is 9. The van der Waals surface area contributed by atoms with Crippen molar-refractivity contribution in [1.82, 2.24) is 0 Å². The van der Waals surface area contributed by atoms with Crippen molar-refractivity contribution in [3.63, 3.8) is 0 Å². The summed E-state index contributed by atoms with van der Waals surface area (Å²) in [7, 11) is 0. The first-order chi connectivity index (χ1) is 12.0. The minimum atomic E-state index is -0.0638. The van der Waals surface area contributed by atoms with Gasteiger partial charge in [0.15, 0.2) is 11.6 Å². The number of carbonyl (C=O) groups is 3. The van der Waals surface area contributed by atoms with Crippen molar-refractivity contribution in [3.8, 4) is 5.75 Å². The van der Waals surface area contributed by atoms with Gasteiger partial charge < -0.3 is 9.90 Å². The molecule has 0 saturated carbocycles. The lowest BCUT2D eigenvalue weighted by Gasteiger charge is -2.05. The molecule has 0 heterocycles. The van der Waals surface area contributed by atoms with Crippen molar-refractivity contribution < 1.29 is 19.5 Å². The van der Waals surface area contributed by atoms with Crippen molar-refractivity contribution in [1.29, 1.82) is 0 Å². The van der Waals surface area contributed by atoms with Gasteiger partial charge in [0, 0.05) is 30.4 Å². The number of phenols is 1. The summed E-state index contributed by atoms with van der Waals surface area (Å²) in [5.41, 5.74) is 1.91. The molecular formula is C21H22O4. The van der Waals surface area contributed by atoms with E-state index in [2.05, 4.69) is 0 Å². The van der Waals surface area contributed by atoms with Gasteiger partial charge in [0.05, 0.1) is 0 Å². The zero-order chi connectivity index (χ0) is 18.2. The standard InChI is InChI=1S/C21H22O4/c1-15(22)5-2-3-8-20(24)18-7-4-6-16(13-18)14-21(25)17-9-11-19(23)12-10-17/h4,6-7,9-13,23H,2-3,5,8,14H2,1H3. The van der Waals surface area contributed by atoms with Crippen molar-refractivity contribution in [2.45, 2.75) is 39.0 Å². The minimum absolute atomic E-state index is 0.0301. The number of unbranched alkanes of at least 4 members (excludes halogenated alkanes) is 1. The molecule has 25 heavy (non-hydrogen) atoms. The zero-order valence-electron chi connectivity index (χ0n) is 14.3. The highest BCUT2D eigenvalue weighted by atomic mass is 16.3. The maximum atomic E-state index is 12.3. The molecule has 2 rings (SSSR count). The number of carbonyl (C=O) groups excluding carboxylic acids is 3. The lowest BCUT2D eigenvalue weighted by Crippen LogP contribution is -2.05. The fourth-order valence-electron chi connectivity index (χ4n) is 2.59. The molecule has 0 fully saturated rings. The first-order valence-corrected chi connectivity index (χ1v) is 8.39. The first kappa shape index (κ1) is 18.6. The summed E-state index contributed by atoms with van der Waals surface area (Å²) >= 11 is 0. The van der Waals surface area contributed by atoms with E-state index in [1.165, 1.54) is 12.1 Å². The van der Waals surface area contributed by atoms with Crippen molar-refractivity contribution in [2.75, 3.05) is 0 Å². The molecule has 2 aromatic rings. The summed E-state index contributed by atoms with van der Waals surface area (Å²) < 4.78 is 0. The second-order valence-electron chi connectivity index (χ2n) is 6.18. The van der Waals surface area contributed by atoms with Crippen LogP contribution in [0.15, 0.2) is 48.5 Å². The molecule has 4 heteroatoms. The average molecular weight is 338 g/mol. The van der Waals surface area contributed by atoms with Gasteiger partial charge in [0.1, 0.15) is 11.5 Å². The molecule has 0 aliphatic heterocycles. The van der Waals surface area contributed by atoms with Crippen molar-refractivity contribution in [3.05, 3.63) is 65.2 Å². The van der Waals surface area contributed by atoms with Crippen LogP contribution < -0.4 is 0 Å². The molecule has 4 nitrogen and oxygen atoms in total. The predicted molar refractivity (Wildman–Crippen MR) is 96.1 cm³/mol. The molecule has 2 aromatic carbocycles. The summed E-state index contributed by atoms with van der Waals surface area (Å²) in [6.45, 7) is 1.55. The molecule has 0 radical (unpaired) electrons. The van der Waals surface area contributed by atoms with Gasteiger partial charge in [-0.05, 0) is 55.7 Å². The first-order valence-electron chi connectivity index (χ1n) is 8.39. The molecule has 0 atom stereocenters. The Kier molecular flexibility index (Phi) is 6.63. The molecule has 0 unspecified atom stereocenters. The van der Waals surface area contributed by atoms with Crippen LogP contribution in [0.5, 0.6) is 5.75 Å². The number of phenolic OH excluding ortho intramolecular Hbond substituents is 1. The van der Waals surface area contributed by atoms with E-state index in [9.17, 15) is 19.5 Å². The second kappa shape index (κ2) is 8.92. The Labute approximate surface area is 147 Å². The van der Waals surface area contributed by atoms with E-state index in [1.807, 2.05) is 6.07 Å². The summed E-state index contributed by atoms with van der Waals surface area (Å²) in [6.07, 6.45) is 2.53. The van der Waals surface area contributed by atoms with Crippen LogP contribution >= 0.6 is 0 Å². The van der Waals surface area contributed by atoms with Crippen LogP contribution in [0.4, 0.5) is 0 Å². The Morgan fingerprint density at radius 3 is 2.20 bits per heavy atom. The van der Waals surface area contributed by atoms with Gasteiger partial charge in [-0.1, -0.05) is 18.2 Å².